The lowest BCUT2D eigenvalue weighted by Crippen LogP contribution is -2.41. The molecule has 194 valence electrons. The van der Waals surface area contributed by atoms with E-state index in [0.29, 0.717) is 18.8 Å². The molecule has 0 aliphatic carbocycles. The number of fused-ring (bicyclic) bond motifs is 1. The number of alkyl halides is 3. The minimum absolute atomic E-state index is 0.0611. The first-order chi connectivity index (χ1) is 17.2. The number of thioether (sulfide) groups is 1. The molecule has 0 fully saturated rings. The number of rotatable bonds is 5. The maximum atomic E-state index is 12.2. The topological polar surface area (TPSA) is 92.1 Å². The van der Waals surface area contributed by atoms with Gasteiger partial charge in [0.05, 0.1) is 5.56 Å². The van der Waals surface area contributed by atoms with Crippen LogP contribution in [0, 0.1) is 6.92 Å². The molecule has 1 unspecified atom stereocenters. The standard InChI is InChI=1S/C16H19N5OS.C8H7F3.C2H6/c1-18-15(22)13-14(23-16(21-13)20-7-5-17)11-2-3-12-9-19-6-4-10(12)8-11;1-6-2-4-7(5-3-6)8(9,10)11;1-2/h2-4,6,8-9,16,20-21H,5,7,17H2,1H3,(H,18,22);2-5H,1H3;1-2H3. The van der Waals surface area contributed by atoms with Crippen molar-refractivity contribution in [2.45, 2.75) is 32.4 Å². The highest BCUT2D eigenvalue weighted by Gasteiger charge is 2.30. The van der Waals surface area contributed by atoms with Crippen molar-refractivity contribution in [1.82, 2.24) is 20.9 Å². The van der Waals surface area contributed by atoms with E-state index in [1.807, 2.05) is 38.2 Å². The minimum Gasteiger partial charge on any atom is -0.356 e. The number of carbonyl (C=O) groups is 1. The number of likely N-dealkylation sites (N-methyl/N-ethyl adjacent to an activating group) is 1. The number of hydrogen-bond acceptors (Lipinski definition) is 6. The van der Waals surface area contributed by atoms with Crippen LogP contribution in [-0.4, -0.2) is 36.5 Å². The number of carbonyl (C=O) groups excluding carboxylic acids is 1. The normalized spacial score (nSPS) is 14.8. The Balaban J connectivity index is 0.000000295. The van der Waals surface area contributed by atoms with Gasteiger partial charge in [-0.25, -0.2) is 0 Å². The number of pyridine rings is 1. The monoisotopic (exact) mass is 519 g/mol. The number of halogens is 3. The van der Waals surface area contributed by atoms with Gasteiger partial charge in [0.2, 0.25) is 0 Å². The fourth-order valence-corrected chi connectivity index (χ4v) is 4.33. The molecule has 36 heavy (non-hydrogen) atoms. The SMILES string of the molecule is CC.CNC(=O)C1=C(c2ccc3cnccc3c2)SC(NCCN)N1.Cc1ccc(C(F)(F)F)cc1. The number of aryl methyl sites for hydroxylation is 1. The van der Waals surface area contributed by atoms with Crippen molar-refractivity contribution in [3.05, 3.63) is 83.3 Å². The predicted octanol–water partition coefficient (Wildman–Crippen LogP) is 4.86. The Morgan fingerprint density at radius 3 is 2.42 bits per heavy atom. The van der Waals surface area contributed by atoms with E-state index in [2.05, 4.69) is 27.0 Å². The van der Waals surface area contributed by atoms with Crippen LogP contribution in [0.3, 0.4) is 0 Å². The number of aromatic nitrogens is 1. The summed E-state index contributed by atoms with van der Waals surface area (Å²) in [5.74, 6) is -0.126. The molecular formula is C26H32F3N5OS. The van der Waals surface area contributed by atoms with Crippen LogP contribution < -0.4 is 21.7 Å². The van der Waals surface area contributed by atoms with Crippen LogP contribution in [0.5, 0.6) is 0 Å². The lowest BCUT2D eigenvalue weighted by atomic mass is 10.1. The van der Waals surface area contributed by atoms with Crippen LogP contribution in [-0.2, 0) is 11.0 Å². The van der Waals surface area contributed by atoms with Gasteiger partial charge in [0.1, 0.15) is 11.2 Å². The molecule has 1 atom stereocenters. The van der Waals surface area contributed by atoms with E-state index in [1.54, 1.807) is 31.9 Å². The average molecular weight is 520 g/mol. The van der Waals surface area contributed by atoms with Crippen LogP contribution in [0.4, 0.5) is 13.2 Å². The van der Waals surface area contributed by atoms with Gasteiger partial charge in [-0.1, -0.05) is 55.4 Å². The van der Waals surface area contributed by atoms with Crippen LogP contribution in [0.25, 0.3) is 15.7 Å². The van der Waals surface area contributed by atoms with E-state index in [9.17, 15) is 18.0 Å². The van der Waals surface area contributed by atoms with Crippen molar-refractivity contribution in [2.75, 3.05) is 20.1 Å². The second kappa shape index (κ2) is 13.9. The summed E-state index contributed by atoms with van der Waals surface area (Å²) in [7, 11) is 1.63. The molecule has 0 saturated carbocycles. The third-order valence-corrected chi connectivity index (χ3v) is 6.14. The van der Waals surface area contributed by atoms with E-state index in [4.69, 9.17) is 5.73 Å². The molecule has 0 saturated heterocycles. The molecule has 1 aliphatic rings. The first kappa shape index (κ1) is 29.2. The number of hydrogen-bond donors (Lipinski definition) is 4. The summed E-state index contributed by atoms with van der Waals surface area (Å²) in [4.78, 5) is 17.2. The van der Waals surface area contributed by atoms with Crippen LogP contribution in [0.15, 0.2) is 66.6 Å². The van der Waals surface area contributed by atoms with Gasteiger partial charge in [0, 0.05) is 42.8 Å². The smallest absolute Gasteiger partial charge is 0.356 e. The molecule has 1 amide bonds. The molecule has 0 spiro atoms. The van der Waals surface area contributed by atoms with Gasteiger partial charge in [0.15, 0.2) is 0 Å². The summed E-state index contributed by atoms with van der Waals surface area (Å²) >= 11 is 1.59. The van der Waals surface area contributed by atoms with Crippen LogP contribution >= 0.6 is 11.8 Å². The summed E-state index contributed by atoms with van der Waals surface area (Å²) in [5, 5.41) is 11.4. The van der Waals surface area contributed by atoms with E-state index in [-0.39, 0.29) is 11.4 Å². The van der Waals surface area contributed by atoms with Crippen molar-refractivity contribution in [2.24, 2.45) is 5.73 Å². The molecule has 2 aromatic carbocycles. The lowest BCUT2D eigenvalue weighted by molar-refractivity contribution is -0.137. The number of amides is 1. The zero-order valence-electron chi connectivity index (χ0n) is 20.7. The molecule has 1 aliphatic heterocycles. The molecule has 5 N–H and O–H groups in total. The molecule has 0 radical (unpaired) electrons. The summed E-state index contributed by atoms with van der Waals surface area (Å²) < 4.78 is 35.8. The highest BCUT2D eigenvalue weighted by molar-refractivity contribution is 8.09. The average Bonchev–Trinajstić information content (AvgIpc) is 3.32. The van der Waals surface area contributed by atoms with E-state index in [1.165, 1.54) is 12.1 Å². The molecule has 3 aromatic rings. The number of benzene rings is 2. The Kier molecular flexibility index (Phi) is 11.2. The highest BCUT2D eigenvalue weighted by Crippen LogP contribution is 2.38. The molecular weight excluding hydrogens is 487 g/mol. The Hall–Kier alpha value is -3.08. The first-order valence-corrected chi connectivity index (χ1v) is 12.4. The van der Waals surface area contributed by atoms with Crippen LogP contribution in [0.2, 0.25) is 0 Å². The largest absolute Gasteiger partial charge is 0.416 e. The van der Waals surface area contributed by atoms with E-state index < -0.39 is 11.7 Å². The van der Waals surface area contributed by atoms with Gasteiger partial charge in [-0.15, -0.1) is 0 Å². The Morgan fingerprint density at radius 1 is 1.11 bits per heavy atom. The number of nitrogens with one attached hydrogen (secondary N) is 3. The molecule has 4 rings (SSSR count). The molecule has 6 nitrogen and oxygen atoms in total. The van der Waals surface area contributed by atoms with Gasteiger partial charge < -0.3 is 16.4 Å². The van der Waals surface area contributed by atoms with Gasteiger partial charge in [-0.3, -0.25) is 15.1 Å². The fraction of sp³-hybridized carbons (Fsp3) is 0.308. The van der Waals surface area contributed by atoms with E-state index in [0.717, 1.165) is 38.9 Å². The van der Waals surface area contributed by atoms with Crippen molar-refractivity contribution >= 4 is 33.3 Å². The quantitative estimate of drug-likeness (QED) is 0.385. The maximum absolute atomic E-state index is 12.2. The third kappa shape index (κ3) is 7.97. The Bertz CT molecular complexity index is 1170. The maximum Gasteiger partial charge on any atom is 0.416 e. The number of nitrogens with two attached hydrogens (primary N) is 1. The third-order valence-electron chi connectivity index (χ3n) is 4.95. The molecule has 2 heterocycles. The summed E-state index contributed by atoms with van der Waals surface area (Å²) in [5.41, 5.74) is 7.31. The summed E-state index contributed by atoms with van der Waals surface area (Å²) in [6.07, 6.45) is -0.613. The zero-order valence-corrected chi connectivity index (χ0v) is 21.6. The molecule has 10 heteroatoms. The minimum atomic E-state index is -4.21. The van der Waals surface area contributed by atoms with Crippen LogP contribution in [0.1, 0.15) is 30.5 Å². The van der Waals surface area contributed by atoms with Gasteiger partial charge in [0.25, 0.3) is 5.91 Å². The molecule has 0 bridgehead atoms. The Morgan fingerprint density at radius 2 is 1.81 bits per heavy atom. The van der Waals surface area contributed by atoms with Crippen molar-refractivity contribution in [3.63, 3.8) is 0 Å². The van der Waals surface area contributed by atoms with Crippen molar-refractivity contribution in [3.8, 4) is 0 Å². The lowest BCUT2D eigenvalue weighted by Gasteiger charge is -2.13. The number of nitrogens with zero attached hydrogens (tertiary/aromatic N) is 1. The summed E-state index contributed by atoms with van der Waals surface area (Å²) in [6.45, 7) is 6.98. The Labute approximate surface area is 213 Å². The van der Waals surface area contributed by atoms with Gasteiger partial charge >= 0.3 is 6.18 Å². The predicted molar refractivity (Wildman–Crippen MR) is 142 cm³/mol. The zero-order chi connectivity index (χ0) is 26.7. The van der Waals surface area contributed by atoms with Crippen molar-refractivity contribution < 1.29 is 18.0 Å². The van der Waals surface area contributed by atoms with E-state index >= 15 is 0 Å². The second-order valence-electron chi connectivity index (χ2n) is 7.47. The van der Waals surface area contributed by atoms with Crippen molar-refractivity contribution in [1.29, 1.82) is 0 Å². The highest BCUT2D eigenvalue weighted by atomic mass is 32.2. The second-order valence-corrected chi connectivity index (χ2v) is 8.59. The first-order valence-electron chi connectivity index (χ1n) is 11.5. The summed E-state index contributed by atoms with van der Waals surface area (Å²) in [6, 6.07) is 13.1. The van der Waals surface area contributed by atoms with Gasteiger partial charge in [-0.2, -0.15) is 13.2 Å². The fourth-order valence-electron chi connectivity index (χ4n) is 3.18. The van der Waals surface area contributed by atoms with Gasteiger partial charge in [-0.05, 0) is 42.1 Å². The molecule has 1 aromatic heterocycles.